The lowest BCUT2D eigenvalue weighted by Gasteiger charge is -2.12. The fourth-order valence-corrected chi connectivity index (χ4v) is 3.21. The minimum atomic E-state index is -3.49. The maximum atomic E-state index is 12.3. The molecule has 0 amide bonds. The summed E-state index contributed by atoms with van der Waals surface area (Å²) in [4.78, 5) is 0.209. The Balaban J connectivity index is 2.16. The zero-order valence-electron chi connectivity index (χ0n) is 12.0. The Bertz CT molecular complexity index is 554. The zero-order valence-corrected chi connectivity index (χ0v) is 12.8. The summed E-state index contributed by atoms with van der Waals surface area (Å²) in [5.74, 6) is 0.896. The van der Waals surface area contributed by atoms with Crippen LogP contribution < -0.4 is 14.8 Å². The summed E-state index contributed by atoms with van der Waals surface area (Å²) in [6.07, 6.45) is 2.22. The molecule has 5 nitrogen and oxygen atoms in total. The van der Waals surface area contributed by atoms with Gasteiger partial charge < -0.3 is 10.1 Å². The fraction of sp³-hybridized carbons (Fsp3) is 0.571. The molecule has 1 aromatic rings. The van der Waals surface area contributed by atoms with E-state index in [0.29, 0.717) is 24.8 Å². The third-order valence-electron chi connectivity index (χ3n) is 3.36. The second kappa shape index (κ2) is 6.56. The first-order chi connectivity index (χ1) is 9.56. The molecule has 0 aromatic heterocycles. The van der Waals surface area contributed by atoms with E-state index in [2.05, 4.69) is 10.0 Å². The van der Waals surface area contributed by atoms with Gasteiger partial charge in [-0.1, -0.05) is 13.0 Å². The van der Waals surface area contributed by atoms with Crippen LogP contribution in [0.15, 0.2) is 23.1 Å². The van der Waals surface area contributed by atoms with Crippen LogP contribution in [0.4, 0.5) is 0 Å². The van der Waals surface area contributed by atoms with Gasteiger partial charge in [-0.05, 0) is 43.0 Å². The molecule has 2 N–H and O–H groups in total. The van der Waals surface area contributed by atoms with E-state index in [1.807, 2.05) is 13.0 Å². The van der Waals surface area contributed by atoms with Gasteiger partial charge in [-0.2, -0.15) is 0 Å². The van der Waals surface area contributed by atoms with Crippen LogP contribution >= 0.6 is 0 Å². The van der Waals surface area contributed by atoms with Gasteiger partial charge in [0.2, 0.25) is 10.0 Å². The number of ether oxygens (including phenoxy) is 1. The molecule has 6 heteroatoms. The number of hydrogen-bond donors (Lipinski definition) is 2. The van der Waals surface area contributed by atoms with Crippen molar-refractivity contribution in [3.05, 3.63) is 23.8 Å². The molecule has 0 radical (unpaired) electrons. The summed E-state index contributed by atoms with van der Waals surface area (Å²) in [5.41, 5.74) is 1.00. The van der Waals surface area contributed by atoms with Crippen LogP contribution in [-0.2, 0) is 16.6 Å². The Morgan fingerprint density at radius 2 is 2.10 bits per heavy atom. The highest BCUT2D eigenvalue weighted by Gasteiger charge is 2.26. The van der Waals surface area contributed by atoms with Crippen molar-refractivity contribution in [3.63, 3.8) is 0 Å². The molecule has 1 aromatic carbocycles. The predicted molar refractivity (Wildman–Crippen MR) is 78.3 cm³/mol. The van der Waals surface area contributed by atoms with Gasteiger partial charge in [0.15, 0.2) is 0 Å². The van der Waals surface area contributed by atoms with Crippen LogP contribution in [0.2, 0.25) is 0 Å². The molecular formula is C14H22N2O3S. The van der Waals surface area contributed by atoms with Crippen molar-refractivity contribution in [2.24, 2.45) is 5.92 Å². The molecule has 0 heterocycles. The van der Waals surface area contributed by atoms with E-state index in [1.165, 1.54) is 7.11 Å². The molecule has 20 heavy (non-hydrogen) atoms. The Hall–Kier alpha value is -1.11. The largest absolute Gasteiger partial charge is 0.495 e. The van der Waals surface area contributed by atoms with Gasteiger partial charge in [0, 0.05) is 13.1 Å². The maximum Gasteiger partial charge on any atom is 0.244 e. The van der Waals surface area contributed by atoms with Crippen LogP contribution in [0.1, 0.15) is 25.3 Å². The van der Waals surface area contributed by atoms with Crippen molar-refractivity contribution in [3.8, 4) is 5.75 Å². The van der Waals surface area contributed by atoms with Crippen LogP contribution in [0.3, 0.4) is 0 Å². The molecule has 0 aliphatic heterocycles. The first kappa shape index (κ1) is 15.3. The lowest BCUT2D eigenvalue weighted by atomic mass is 10.2. The van der Waals surface area contributed by atoms with Crippen molar-refractivity contribution in [2.45, 2.75) is 31.2 Å². The van der Waals surface area contributed by atoms with Gasteiger partial charge in [-0.3, -0.25) is 0 Å². The van der Waals surface area contributed by atoms with Gasteiger partial charge in [0.1, 0.15) is 10.6 Å². The van der Waals surface area contributed by atoms with Gasteiger partial charge >= 0.3 is 0 Å². The number of benzene rings is 1. The van der Waals surface area contributed by atoms with E-state index >= 15 is 0 Å². The smallest absolute Gasteiger partial charge is 0.244 e. The molecule has 0 saturated heterocycles. The van der Waals surface area contributed by atoms with E-state index in [0.717, 1.165) is 24.9 Å². The second-order valence-electron chi connectivity index (χ2n) is 5.06. The summed E-state index contributed by atoms with van der Waals surface area (Å²) < 4.78 is 32.4. The molecule has 1 aliphatic rings. The average Bonchev–Trinajstić information content (AvgIpc) is 3.26. The first-order valence-electron chi connectivity index (χ1n) is 6.94. The SMILES string of the molecule is CCNCc1ccc(S(=O)(=O)NCC2CC2)c(OC)c1. The minimum absolute atomic E-state index is 0.209. The van der Waals surface area contributed by atoms with Crippen LogP contribution in [0.5, 0.6) is 5.75 Å². The fourth-order valence-electron chi connectivity index (χ4n) is 1.94. The Morgan fingerprint density at radius 3 is 2.70 bits per heavy atom. The molecule has 1 saturated carbocycles. The molecule has 0 bridgehead atoms. The van der Waals surface area contributed by atoms with Gasteiger partial charge in [-0.25, -0.2) is 13.1 Å². The van der Waals surface area contributed by atoms with Gasteiger partial charge in [0.05, 0.1) is 7.11 Å². The molecular weight excluding hydrogens is 276 g/mol. The number of methoxy groups -OCH3 is 1. The van der Waals surface area contributed by atoms with Crippen molar-refractivity contribution < 1.29 is 13.2 Å². The highest BCUT2D eigenvalue weighted by molar-refractivity contribution is 7.89. The summed E-state index contributed by atoms with van der Waals surface area (Å²) in [5, 5.41) is 3.20. The van der Waals surface area contributed by atoms with Crippen LogP contribution in [0, 0.1) is 5.92 Å². The summed E-state index contributed by atoms with van der Waals surface area (Å²) >= 11 is 0. The third kappa shape index (κ3) is 3.94. The number of hydrogen-bond acceptors (Lipinski definition) is 4. The monoisotopic (exact) mass is 298 g/mol. The standard InChI is InChI=1S/C14H22N2O3S/c1-3-15-9-12-6-7-14(13(8-12)19-2)20(17,18)16-10-11-4-5-11/h6-8,11,15-16H,3-5,9-10H2,1-2H3. The summed E-state index contributed by atoms with van der Waals surface area (Å²) in [7, 11) is -2.00. The topological polar surface area (TPSA) is 67.4 Å². The molecule has 0 spiro atoms. The van der Waals surface area contributed by atoms with Gasteiger partial charge in [0.25, 0.3) is 0 Å². The number of sulfonamides is 1. The summed E-state index contributed by atoms with van der Waals surface area (Å²) in [6, 6.07) is 5.20. The maximum absolute atomic E-state index is 12.3. The van der Waals surface area contributed by atoms with E-state index in [9.17, 15) is 8.42 Å². The van der Waals surface area contributed by atoms with E-state index in [1.54, 1.807) is 12.1 Å². The Morgan fingerprint density at radius 1 is 1.35 bits per heavy atom. The number of nitrogens with one attached hydrogen (secondary N) is 2. The Labute approximate surface area is 120 Å². The third-order valence-corrected chi connectivity index (χ3v) is 4.82. The molecule has 1 fully saturated rings. The molecule has 1 aliphatic carbocycles. The zero-order chi connectivity index (χ0) is 14.6. The molecule has 0 atom stereocenters. The normalized spacial score (nSPS) is 15.3. The molecule has 2 rings (SSSR count). The predicted octanol–water partition coefficient (Wildman–Crippen LogP) is 1.49. The van der Waals surface area contributed by atoms with E-state index < -0.39 is 10.0 Å². The van der Waals surface area contributed by atoms with E-state index in [4.69, 9.17) is 4.74 Å². The quantitative estimate of drug-likeness (QED) is 0.763. The first-order valence-corrected chi connectivity index (χ1v) is 8.42. The van der Waals surface area contributed by atoms with Crippen molar-refractivity contribution in [2.75, 3.05) is 20.2 Å². The van der Waals surface area contributed by atoms with Crippen LogP contribution in [-0.4, -0.2) is 28.6 Å². The van der Waals surface area contributed by atoms with Crippen molar-refractivity contribution in [1.82, 2.24) is 10.0 Å². The van der Waals surface area contributed by atoms with Crippen LogP contribution in [0.25, 0.3) is 0 Å². The van der Waals surface area contributed by atoms with Gasteiger partial charge in [-0.15, -0.1) is 0 Å². The highest BCUT2D eigenvalue weighted by Crippen LogP contribution is 2.29. The van der Waals surface area contributed by atoms with Crippen molar-refractivity contribution >= 4 is 10.0 Å². The Kier molecular flexibility index (Phi) is 5.01. The lowest BCUT2D eigenvalue weighted by Crippen LogP contribution is -2.26. The van der Waals surface area contributed by atoms with E-state index in [-0.39, 0.29) is 4.90 Å². The highest BCUT2D eigenvalue weighted by atomic mass is 32.2. The number of rotatable bonds is 8. The van der Waals surface area contributed by atoms with Crippen molar-refractivity contribution in [1.29, 1.82) is 0 Å². The lowest BCUT2D eigenvalue weighted by molar-refractivity contribution is 0.401. The second-order valence-corrected chi connectivity index (χ2v) is 6.80. The summed E-state index contributed by atoms with van der Waals surface area (Å²) in [6.45, 7) is 4.11. The molecule has 0 unspecified atom stereocenters. The average molecular weight is 298 g/mol. The molecule has 112 valence electrons. The minimum Gasteiger partial charge on any atom is -0.495 e.